The van der Waals surface area contributed by atoms with Gasteiger partial charge < -0.3 is 15.3 Å². The average molecular weight is 213 g/mol. The number of carbonyl (C=O) groups excluding carboxylic acids is 1. The minimum Gasteiger partial charge on any atom is -0.481 e. The first-order valence-electron chi connectivity index (χ1n) is 4.33. The van der Waals surface area contributed by atoms with E-state index in [1.54, 1.807) is 13.8 Å². The van der Waals surface area contributed by atoms with Crippen molar-refractivity contribution in [1.82, 2.24) is 5.32 Å². The summed E-state index contributed by atoms with van der Waals surface area (Å²) >= 11 is 0. The molecular weight excluding hydrogens is 198 g/mol. The molecule has 2 N–H and O–H groups in total. The summed E-state index contributed by atoms with van der Waals surface area (Å²) in [6.45, 7) is 3.13. The van der Waals surface area contributed by atoms with Crippen molar-refractivity contribution in [3.8, 4) is 6.07 Å². The zero-order chi connectivity index (χ0) is 12.1. The van der Waals surface area contributed by atoms with E-state index in [2.05, 4.69) is 10.5 Å². The van der Waals surface area contributed by atoms with Crippen LogP contribution in [0.15, 0.2) is 5.16 Å². The predicted octanol–water partition coefficient (Wildman–Crippen LogP) is 0.332. The van der Waals surface area contributed by atoms with E-state index in [-0.39, 0.29) is 5.90 Å². The molecule has 1 atom stereocenters. The number of hydrogen-bond acceptors (Lipinski definition) is 5. The Bertz CT molecular complexity index is 304. The summed E-state index contributed by atoms with van der Waals surface area (Å²) in [5, 5.41) is 22.9. The number of carbonyl (C=O) groups is 1. The Morgan fingerprint density at radius 1 is 1.67 bits per heavy atom. The first-order chi connectivity index (χ1) is 6.94. The molecule has 0 radical (unpaired) electrons. The van der Waals surface area contributed by atoms with E-state index in [1.807, 2.05) is 6.07 Å². The Hall–Kier alpha value is -1.77. The summed E-state index contributed by atoms with van der Waals surface area (Å²) in [6.07, 6.45) is 0. The predicted molar refractivity (Wildman–Crippen MR) is 53.2 cm³/mol. The first kappa shape index (κ1) is 13.2. The van der Waals surface area contributed by atoms with Crippen LogP contribution in [0.4, 0.5) is 0 Å². The van der Waals surface area contributed by atoms with Crippen LogP contribution in [0, 0.1) is 22.7 Å². The Kier molecular flexibility index (Phi) is 4.58. The van der Waals surface area contributed by atoms with Crippen LogP contribution in [0.1, 0.15) is 13.8 Å². The fourth-order valence-electron chi connectivity index (χ4n) is 1.17. The topological polar surface area (TPSA) is 94.7 Å². The largest absolute Gasteiger partial charge is 0.481 e. The zero-order valence-electron chi connectivity index (χ0n) is 9.24. The molecule has 0 aromatic rings. The Labute approximate surface area is 88.5 Å². The van der Waals surface area contributed by atoms with E-state index in [0.29, 0.717) is 0 Å². The number of nitrogens with one attached hydrogen (secondary N) is 1. The SMILES string of the molecule is CNC(=O)C(/C(=N/O)OC)C(C)(C)C#N. The molecule has 0 saturated carbocycles. The molecule has 84 valence electrons. The number of ether oxygens (including phenoxy) is 1. The third kappa shape index (κ3) is 2.84. The molecule has 0 spiro atoms. The Morgan fingerprint density at radius 2 is 2.20 bits per heavy atom. The fourth-order valence-corrected chi connectivity index (χ4v) is 1.17. The van der Waals surface area contributed by atoms with Gasteiger partial charge in [0.25, 0.3) is 0 Å². The van der Waals surface area contributed by atoms with Gasteiger partial charge in [0, 0.05) is 7.05 Å². The fraction of sp³-hybridized carbons (Fsp3) is 0.667. The first-order valence-corrected chi connectivity index (χ1v) is 4.33. The van der Waals surface area contributed by atoms with Gasteiger partial charge in [-0.2, -0.15) is 5.26 Å². The van der Waals surface area contributed by atoms with Crippen LogP contribution in [0.2, 0.25) is 0 Å². The molecule has 0 fully saturated rings. The molecule has 1 amide bonds. The number of nitriles is 1. The number of hydrogen-bond donors (Lipinski definition) is 2. The highest BCUT2D eigenvalue weighted by Crippen LogP contribution is 2.27. The maximum atomic E-state index is 11.5. The smallest absolute Gasteiger partial charge is 0.239 e. The van der Waals surface area contributed by atoms with Gasteiger partial charge in [-0.3, -0.25) is 4.79 Å². The van der Waals surface area contributed by atoms with Crippen LogP contribution in [0.3, 0.4) is 0 Å². The number of oxime groups is 1. The third-order valence-electron chi connectivity index (χ3n) is 2.07. The van der Waals surface area contributed by atoms with Crippen molar-refractivity contribution in [2.24, 2.45) is 16.5 Å². The van der Waals surface area contributed by atoms with Gasteiger partial charge >= 0.3 is 0 Å². The van der Waals surface area contributed by atoms with Crippen molar-refractivity contribution in [2.75, 3.05) is 14.2 Å². The average Bonchev–Trinajstić information content (AvgIpc) is 2.24. The zero-order valence-corrected chi connectivity index (χ0v) is 9.24. The minimum absolute atomic E-state index is 0.180. The lowest BCUT2D eigenvalue weighted by atomic mass is 9.79. The van der Waals surface area contributed by atoms with Crippen LogP contribution in [0.5, 0.6) is 0 Å². The molecule has 0 aromatic carbocycles. The summed E-state index contributed by atoms with van der Waals surface area (Å²) in [6, 6.07) is 1.97. The lowest BCUT2D eigenvalue weighted by molar-refractivity contribution is -0.124. The van der Waals surface area contributed by atoms with Gasteiger partial charge in [-0.05, 0) is 13.8 Å². The molecule has 0 aromatic heterocycles. The lowest BCUT2D eigenvalue weighted by Crippen LogP contribution is -2.42. The van der Waals surface area contributed by atoms with Gasteiger partial charge in [-0.1, -0.05) is 5.16 Å². The quantitative estimate of drug-likeness (QED) is 0.306. The molecule has 0 heterocycles. The molecule has 0 rings (SSSR count). The molecular formula is C9H15N3O3. The maximum absolute atomic E-state index is 11.5. The summed E-state index contributed by atoms with van der Waals surface area (Å²) in [4.78, 5) is 11.5. The van der Waals surface area contributed by atoms with Crippen molar-refractivity contribution in [2.45, 2.75) is 13.8 Å². The van der Waals surface area contributed by atoms with Gasteiger partial charge in [0.2, 0.25) is 11.8 Å². The molecule has 0 bridgehead atoms. The maximum Gasteiger partial charge on any atom is 0.239 e. The Balaban J connectivity index is 5.26. The summed E-state index contributed by atoms with van der Waals surface area (Å²) in [5.41, 5.74) is -1.02. The second kappa shape index (κ2) is 5.20. The van der Waals surface area contributed by atoms with Crippen molar-refractivity contribution >= 4 is 11.8 Å². The van der Waals surface area contributed by atoms with Crippen LogP contribution in [-0.4, -0.2) is 31.2 Å². The molecule has 15 heavy (non-hydrogen) atoms. The molecule has 0 aliphatic rings. The van der Waals surface area contributed by atoms with Crippen molar-refractivity contribution in [1.29, 1.82) is 5.26 Å². The van der Waals surface area contributed by atoms with E-state index in [4.69, 9.17) is 15.2 Å². The van der Waals surface area contributed by atoms with E-state index < -0.39 is 17.2 Å². The molecule has 0 aliphatic carbocycles. The van der Waals surface area contributed by atoms with E-state index >= 15 is 0 Å². The van der Waals surface area contributed by atoms with Crippen molar-refractivity contribution in [3.63, 3.8) is 0 Å². The summed E-state index contributed by atoms with van der Waals surface area (Å²) in [7, 11) is 2.71. The van der Waals surface area contributed by atoms with E-state index in [9.17, 15) is 4.79 Å². The van der Waals surface area contributed by atoms with Crippen LogP contribution < -0.4 is 5.32 Å². The monoisotopic (exact) mass is 213 g/mol. The van der Waals surface area contributed by atoms with E-state index in [1.165, 1.54) is 14.2 Å². The van der Waals surface area contributed by atoms with Crippen molar-refractivity contribution < 1.29 is 14.7 Å². The molecule has 0 aliphatic heterocycles. The van der Waals surface area contributed by atoms with Crippen LogP contribution >= 0.6 is 0 Å². The summed E-state index contributed by atoms with van der Waals surface area (Å²) < 4.78 is 4.76. The highest BCUT2D eigenvalue weighted by Gasteiger charge is 2.40. The highest BCUT2D eigenvalue weighted by atomic mass is 16.5. The number of nitrogens with zero attached hydrogens (tertiary/aromatic N) is 2. The molecule has 0 saturated heterocycles. The van der Waals surface area contributed by atoms with Crippen molar-refractivity contribution in [3.05, 3.63) is 0 Å². The second-order valence-corrected chi connectivity index (χ2v) is 3.52. The van der Waals surface area contributed by atoms with Crippen LogP contribution in [0.25, 0.3) is 0 Å². The number of methoxy groups -OCH3 is 1. The number of amides is 1. The second-order valence-electron chi connectivity index (χ2n) is 3.52. The third-order valence-corrected chi connectivity index (χ3v) is 2.07. The van der Waals surface area contributed by atoms with Gasteiger partial charge in [-0.25, -0.2) is 0 Å². The highest BCUT2D eigenvalue weighted by molar-refractivity contribution is 6.01. The van der Waals surface area contributed by atoms with Crippen LogP contribution in [-0.2, 0) is 9.53 Å². The lowest BCUT2D eigenvalue weighted by Gasteiger charge is -2.25. The summed E-state index contributed by atoms with van der Waals surface area (Å²) in [5.74, 6) is -1.56. The molecule has 6 heteroatoms. The van der Waals surface area contributed by atoms with Gasteiger partial charge in [0.15, 0.2) is 0 Å². The molecule has 6 nitrogen and oxygen atoms in total. The van der Waals surface area contributed by atoms with Gasteiger partial charge in [-0.15, -0.1) is 0 Å². The standard InChI is InChI=1S/C9H15N3O3/c1-9(2,5-10)6(7(13)11-3)8(12-14)15-4/h6,14H,1-4H3,(H,11,13)/b12-8-. The Morgan fingerprint density at radius 3 is 2.47 bits per heavy atom. The van der Waals surface area contributed by atoms with E-state index in [0.717, 1.165) is 0 Å². The number of rotatable bonds is 3. The minimum atomic E-state index is -1.02. The van der Waals surface area contributed by atoms with Gasteiger partial charge in [0.1, 0.15) is 5.92 Å². The van der Waals surface area contributed by atoms with Gasteiger partial charge in [0.05, 0.1) is 18.6 Å². The normalized spacial score (nSPS) is 13.9. The molecule has 1 unspecified atom stereocenters.